The zero-order valence-electron chi connectivity index (χ0n) is 9.75. The molecule has 0 spiro atoms. The van der Waals surface area contributed by atoms with E-state index in [-0.39, 0.29) is 0 Å². The van der Waals surface area contributed by atoms with E-state index in [0.29, 0.717) is 0 Å². The first-order valence-electron chi connectivity index (χ1n) is 5.78. The van der Waals surface area contributed by atoms with Crippen LogP contribution in [-0.4, -0.2) is 0 Å². The first-order chi connectivity index (χ1) is 7.77. The summed E-state index contributed by atoms with van der Waals surface area (Å²) >= 11 is -1.25. The van der Waals surface area contributed by atoms with Gasteiger partial charge in [0, 0.05) is 0 Å². The fourth-order valence-electron chi connectivity index (χ4n) is 2.63. The average molecular weight is 287 g/mol. The van der Waals surface area contributed by atoms with E-state index in [4.69, 9.17) is 0 Å². The van der Waals surface area contributed by atoms with Gasteiger partial charge in [-0.1, -0.05) is 0 Å². The summed E-state index contributed by atoms with van der Waals surface area (Å²) in [6, 6.07) is 15.7. The fraction of sp³-hybridized carbons (Fsp3) is 0.200. The minimum atomic E-state index is -1.25. The molecule has 0 radical (unpaired) electrons. The Morgan fingerprint density at radius 2 is 1.62 bits per heavy atom. The van der Waals surface area contributed by atoms with Gasteiger partial charge in [-0.05, 0) is 0 Å². The molecule has 16 heavy (non-hydrogen) atoms. The van der Waals surface area contributed by atoms with Crippen molar-refractivity contribution < 1.29 is 21.8 Å². The second-order valence-electron chi connectivity index (χ2n) is 4.67. The molecule has 1 aliphatic rings. The molecular formula is C15H15Zr. The molecule has 0 aromatic heterocycles. The summed E-state index contributed by atoms with van der Waals surface area (Å²) in [4.78, 5) is 0. The Bertz CT molecular complexity index is 541. The van der Waals surface area contributed by atoms with Crippen molar-refractivity contribution in [1.29, 1.82) is 0 Å². The predicted molar refractivity (Wildman–Crippen MR) is 66.0 cm³/mol. The molecule has 0 amide bonds. The van der Waals surface area contributed by atoms with Gasteiger partial charge in [0.25, 0.3) is 0 Å². The van der Waals surface area contributed by atoms with Crippen LogP contribution in [-0.2, 0) is 28.2 Å². The van der Waals surface area contributed by atoms with E-state index in [0.717, 1.165) is 6.42 Å². The van der Waals surface area contributed by atoms with Gasteiger partial charge in [0.2, 0.25) is 0 Å². The standard InChI is InChI=1S/C13H9.2CH3.Zr/c1-3-7-12-10(5-1)9-11-6-2-4-8-13(11)12;;;/h1-5,7-8H,9H2;2*1H3;. The SMILES string of the molecule is [CH3][Zr]([CH3])[c]1cccc2c1Cc1ccccc1-2. The van der Waals surface area contributed by atoms with Gasteiger partial charge in [-0.15, -0.1) is 0 Å². The Labute approximate surface area is 105 Å². The van der Waals surface area contributed by atoms with Crippen LogP contribution in [0.1, 0.15) is 11.1 Å². The molecule has 0 nitrogen and oxygen atoms in total. The number of fused-ring (bicyclic) bond motifs is 3. The summed E-state index contributed by atoms with van der Waals surface area (Å²) in [7, 11) is 0. The van der Waals surface area contributed by atoms with Crippen molar-refractivity contribution in [3.05, 3.63) is 53.6 Å². The van der Waals surface area contributed by atoms with Gasteiger partial charge >= 0.3 is 105 Å². The van der Waals surface area contributed by atoms with E-state index < -0.39 is 21.8 Å². The first-order valence-corrected chi connectivity index (χ1v) is 11.9. The van der Waals surface area contributed by atoms with Gasteiger partial charge in [-0.3, -0.25) is 0 Å². The van der Waals surface area contributed by atoms with Gasteiger partial charge in [0.15, 0.2) is 0 Å². The van der Waals surface area contributed by atoms with E-state index in [1.165, 1.54) is 16.7 Å². The zero-order chi connectivity index (χ0) is 11.1. The molecule has 2 aromatic carbocycles. The molecule has 3 rings (SSSR count). The van der Waals surface area contributed by atoms with E-state index in [1.807, 2.05) is 0 Å². The van der Waals surface area contributed by atoms with Crippen molar-refractivity contribution in [3.63, 3.8) is 0 Å². The molecule has 0 saturated carbocycles. The van der Waals surface area contributed by atoms with Crippen LogP contribution < -0.4 is 3.27 Å². The van der Waals surface area contributed by atoms with Crippen LogP contribution in [0.2, 0.25) is 9.26 Å². The molecule has 0 saturated heterocycles. The molecule has 1 heteroatoms. The van der Waals surface area contributed by atoms with Gasteiger partial charge in [-0.25, -0.2) is 0 Å². The Balaban J connectivity index is 2.24. The van der Waals surface area contributed by atoms with E-state index in [1.54, 1.807) is 8.83 Å². The maximum absolute atomic E-state index is 2.47. The molecule has 79 valence electrons. The van der Waals surface area contributed by atoms with Crippen molar-refractivity contribution in [2.45, 2.75) is 15.7 Å². The summed E-state index contributed by atoms with van der Waals surface area (Å²) in [5.41, 5.74) is 6.09. The Hall–Kier alpha value is -0.677. The second-order valence-corrected chi connectivity index (χ2v) is 10.9. The number of hydrogen-bond donors (Lipinski definition) is 0. The zero-order valence-corrected chi connectivity index (χ0v) is 12.2. The topological polar surface area (TPSA) is 0 Å². The van der Waals surface area contributed by atoms with E-state index in [9.17, 15) is 0 Å². The third-order valence-electron chi connectivity index (χ3n) is 3.39. The van der Waals surface area contributed by atoms with Gasteiger partial charge < -0.3 is 0 Å². The average Bonchev–Trinajstić information content (AvgIpc) is 2.67. The molecule has 0 fully saturated rings. The molecule has 0 atom stereocenters. The van der Waals surface area contributed by atoms with Gasteiger partial charge in [0.1, 0.15) is 0 Å². The van der Waals surface area contributed by atoms with Crippen molar-refractivity contribution >= 4 is 3.27 Å². The number of hydrogen-bond acceptors (Lipinski definition) is 0. The van der Waals surface area contributed by atoms with E-state index >= 15 is 0 Å². The summed E-state index contributed by atoms with van der Waals surface area (Å²) in [6.45, 7) is 0. The van der Waals surface area contributed by atoms with Crippen molar-refractivity contribution in [3.8, 4) is 11.1 Å². The van der Waals surface area contributed by atoms with Crippen LogP contribution in [0.4, 0.5) is 0 Å². The normalized spacial score (nSPS) is 12.1. The summed E-state index contributed by atoms with van der Waals surface area (Å²) in [5, 5.41) is 0. The maximum atomic E-state index is 2.47. The van der Waals surface area contributed by atoms with Crippen LogP contribution in [0.3, 0.4) is 0 Å². The first kappa shape index (κ1) is 10.5. The molecule has 2 aromatic rings. The molecule has 0 N–H and O–H groups in total. The molecule has 0 aliphatic heterocycles. The Kier molecular flexibility index (Phi) is 2.60. The number of rotatable bonds is 1. The second kappa shape index (κ2) is 3.96. The van der Waals surface area contributed by atoms with Crippen LogP contribution in [0, 0.1) is 0 Å². The summed E-state index contributed by atoms with van der Waals surface area (Å²) < 4.78 is 6.65. The number of benzene rings is 2. The van der Waals surface area contributed by atoms with Gasteiger partial charge in [0.05, 0.1) is 0 Å². The minimum absolute atomic E-state index is 1.16. The third kappa shape index (κ3) is 1.53. The predicted octanol–water partition coefficient (Wildman–Crippen LogP) is 3.60. The van der Waals surface area contributed by atoms with Crippen LogP contribution in [0.25, 0.3) is 11.1 Å². The monoisotopic (exact) mass is 285 g/mol. The Morgan fingerprint density at radius 1 is 0.875 bits per heavy atom. The molecule has 0 heterocycles. The molecular weight excluding hydrogens is 271 g/mol. The van der Waals surface area contributed by atoms with Crippen LogP contribution in [0.15, 0.2) is 42.5 Å². The Morgan fingerprint density at radius 3 is 2.44 bits per heavy atom. The van der Waals surface area contributed by atoms with Gasteiger partial charge in [-0.2, -0.15) is 0 Å². The van der Waals surface area contributed by atoms with Crippen molar-refractivity contribution in [2.24, 2.45) is 0 Å². The van der Waals surface area contributed by atoms with Crippen LogP contribution >= 0.6 is 0 Å². The molecule has 1 aliphatic carbocycles. The summed E-state index contributed by atoms with van der Waals surface area (Å²) in [5.74, 6) is 0. The molecule has 0 bridgehead atoms. The quantitative estimate of drug-likeness (QED) is 0.641. The van der Waals surface area contributed by atoms with Crippen LogP contribution in [0.5, 0.6) is 0 Å². The third-order valence-corrected chi connectivity index (χ3v) is 7.19. The summed E-state index contributed by atoms with van der Waals surface area (Å²) in [6.07, 6.45) is 1.16. The van der Waals surface area contributed by atoms with Crippen molar-refractivity contribution in [1.82, 2.24) is 0 Å². The van der Waals surface area contributed by atoms with Crippen molar-refractivity contribution in [2.75, 3.05) is 0 Å². The fourth-order valence-corrected chi connectivity index (χ4v) is 5.71. The van der Waals surface area contributed by atoms with E-state index in [2.05, 4.69) is 51.7 Å². The molecule has 0 unspecified atom stereocenters.